The average molecular weight is 328 g/mol. The van der Waals surface area contributed by atoms with Crippen LogP contribution in [0.15, 0.2) is 36.7 Å². The summed E-state index contributed by atoms with van der Waals surface area (Å²) in [7, 11) is 0. The highest BCUT2D eigenvalue weighted by Gasteiger charge is 2.13. The maximum absolute atomic E-state index is 13.1. The number of aliphatic hydroxyl groups excluding tert-OH is 1. The highest BCUT2D eigenvalue weighted by molar-refractivity contribution is 5.85. The third-order valence-corrected chi connectivity index (χ3v) is 3.49. The van der Waals surface area contributed by atoms with Crippen LogP contribution in [0.1, 0.15) is 13.3 Å². The number of halogens is 1. The Balaban J connectivity index is 1.99. The van der Waals surface area contributed by atoms with E-state index in [1.165, 1.54) is 12.1 Å². The second-order valence-electron chi connectivity index (χ2n) is 5.19. The molecule has 0 spiro atoms. The van der Waals surface area contributed by atoms with E-state index in [1.807, 2.05) is 6.92 Å². The molecule has 0 aliphatic rings. The molecule has 1 unspecified atom stereocenters. The van der Waals surface area contributed by atoms with Crippen LogP contribution < -0.4 is 10.6 Å². The van der Waals surface area contributed by atoms with Crippen molar-refractivity contribution in [3.05, 3.63) is 42.5 Å². The average Bonchev–Trinajstić information content (AvgIpc) is 2.61. The Kier molecular flexibility index (Phi) is 4.76. The van der Waals surface area contributed by atoms with Gasteiger partial charge < -0.3 is 15.7 Å². The van der Waals surface area contributed by atoms with Gasteiger partial charge in [0, 0.05) is 18.1 Å². The summed E-state index contributed by atoms with van der Waals surface area (Å²) >= 11 is 0. The van der Waals surface area contributed by atoms with E-state index in [0.717, 1.165) is 6.42 Å². The van der Waals surface area contributed by atoms with Gasteiger partial charge in [0.25, 0.3) is 0 Å². The minimum atomic E-state index is -0.316. The molecule has 3 N–H and O–H groups in total. The van der Waals surface area contributed by atoms with E-state index in [0.29, 0.717) is 28.6 Å². The van der Waals surface area contributed by atoms with Crippen LogP contribution in [0.25, 0.3) is 11.2 Å². The SMILES string of the molecule is CCC(CO)Nc1nc(Nc2ccc(F)cc2)c2nccnc2n1. The fourth-order valence-corrected chi connectivity index (χ4v) is 2.14. The summed E-state index contributed by atoms with van der Waals surface area (Å²) < 4.78 is 13.1. The number of benzene rings is 1. The molecular formula is C16H17FN6O. The van der Waals surface area contributed by atoms with Gasteiger partial charge >= 0.3 is 0 Å². The molecule has 7 nitrogen and oxygen atoms in total. The molecule has 3 aromatic rings. The highest BCUT2D eigenvalue weighted by atomic mass is 19.1. The highest BCUT2D eigenvalue weighted by Crippen LogP contribution is 2.22. The van der Waals surface area contributed by atoms with Crippen molar-refractivity contribution in [1.82, 2.24) is 19.9 Å². The molecule has 0 aliphatic heterocycles. The molecule has 0 fully saturated rings. The zero-order valence-corrected chi connectivity index (χ0v) is 13.1. The fourth-order valence-electron chi connectivity index (χ4n) is 2.14. The summed E-state index contributed by atoms with van der Waals surface area (Å²) in [6.45, 7) is 1.92. The Bertz CT molecular complexity index is 822. The molecule has 2 heterocycles. The number of rotatable bonds is 6. The number of nitrogens with zero attached hydrogens (tertiary/aromatic N) is 4. The lowest BCUT2D eigenvalue weighted by atomic mass is 10.2. The van der Waals surface area contributed by atoms with Crippen molar-refractivity contribution in [2.45, 2.75) is 19.4 Å². The summed E-state index contributed by atoms with van der Waals surface area (Å²) in [5, 5.41) is 15.5. The van der Waals surface area contributed by atoms with Crippen LogP contribution in [-0.2, 0) is 0 Å². The molecule has 1 aromatic carbocycles. The molecular weight excluding hydrogens is 311 g/mol. The lowest BCUT2D eigenvalue weighted by Crippen LogP contribution is -2.24. The van der Waals surface area contributed by atoms with Gasteiger partial charge in [0.15, 0.2) is 17.0 Å². The Morgan fingerprint density at radius 2 is 1.88 bits per heavy atom. The van der Waals surface area contributed by atoms with Crippen molar-refractivity contribution in [2.24, 2.45) is 0 Å². The van der Waals surface area contributed by atoms with Gasteiger partial charge in [0.2, 0.25) is 5.95 Å². The minimum Gasteiger partial charge on any atom is -0.394 e. The maximum Gasteiger partial charge on any atom is 0.227 e. The van der Waals surface area contributed by atoms with E-state index in [2.05, 4.69) is 30.6 Å². The van der Waals surface area contributed by atoms with Crippen LogP contribution in [-0.4, -0.2) is 37.7 Å². The fraction of sp³-hybridized carbons (Fsp3) is 0.250. The summed E-state index contributed by atoms with van der Waals surface area (Å²) in [6.07, 6.45) is 3.82. The zero-order valence-electron chi connectivity index (χ0n) is 13.1. The van der Waals surface area contributed by atoms with Gasteiger partial charge in [0.1, 0.15) is 5.82 Å². The quantitative estimate of drug-likeness (QED) is 0.640. The van der Waals surface area contributed by atoms with Crippen LogP contribution >= 0.6 is 0 Å². The molecule has 0 bridgehead atoms. The predicted octanol–water partition coefficient (Wildman–Crippen LogP) is 2.49. The van der Waals surface area contributed by atoms with Crippen molar-refractivity contribution in [3.8, 4) is 0 Å². The second kappa shape index (κ2) is 7.14. The molecule has 0 saturated carbocycles. The molecule has 1 atom stereocenters. The Hall–Kier alpha value is -2.87. The first-order valence-corrected chi connectivity index (χ1v) is 7.58. The molecule has 0 amide bonds. The van der Waals surface area contributed by atoms with Gasteiger partial charge in [-0.3, -0.25) is 0 Å². The molecule has 124 valence electrons. The third kappa shape index (κ3) is 3.54. The molecule has 2 aromatic heterocycles. The molecule has 0 radical (unpaired) electrons. The monoisotopic (exact) mass is 328 g/mol. The summed E-state index contributed by atoms with van der Waals surface area (Å²) in [5.41, 5.74) is 1.60. The van der Waals surface area contributed by atoms with Crippen LogP contribution in [0.5, 0.6) is 0 Å². The first-order valence-electron chi connectivity index (χ1n) is 7.58. The minimum absolute atomic E-state index is 0.0287. The standard InChI is InChI=1S/C16H17FN6O/c1-2-11(9-24)21-16-22-14-13(18-7-8-19-14)15(23-16)20-12-5-3-10(17)4-6-12/h3-8,11,24H,2,9H2,1H3,(H2,19,20,21,22,23). The first kappa shape index (κ1) is 16.0. The third-order valence-electron chi connectivity index (χ3n) is 3.49. The van der Waals surface area contributed by atoms with Crippen LogP contribution in [0.3, 0.4) is 0 Å². The van der Waals surface area contributed by atoms with Crippen molar-refractivity contribution in [2.75, 3.05) is 17.2 Å². The smallest absolute Gasteiger partial charge is 0.227 e. The normalized spacial score (nSPS) is 12.1. The number of hydrogen-bond acceptors (Lipinski definition) is 7. The van der Waals surface area contributed by atoms with Crippen molar-refractivity contribution in [1.29, 1.82) is 0 Å². The second-order valence-corrected chi connectivity index (χ2v) is 5.19. The van der Waals surface area contributed by atoms with Gasteiger partial charge in [-0.25, -0.2) is 14.4 Å². The van der Waals surface area contributed by atoms with E-state index in [9.17, 15) is 9.50 Å². The van der Waals surface area contributed by atoms with Gasteiger partial charge in [-0.2, -0.15) is 9.97 Å². The van der Waals surface area contributed by atoms with Gasteiger partial charge in [-0.15, -0.1) is 0 Å². The van der Waals surface area contributed by atoms with Crippen LogP contribution in [0.2, 0.25) is 0 Å². The topological polar surface area (TPSA) is 95.8 Å². The van der Waals surface area contributed by atoms with E-state index >= 15 is 0 Å². The van der Waals surface area contributed by atoms with Crippen molar-refractivity contribution in [3.63, 3.8) is 0 Å². The number of anilines is 3. The predicted molar refractivity (Wildman–Crippen MR) is 89.6 cm³/mol. The summed E-state index contributed by atoms with van der Waals surface area (Å²) in [4.78, 5) is 17.2. The van der Waals surface area contributed by atoms with E-state index in [-0.39, 0.29) is 18.5 Å². The lowest BCUT2D eigenvalue weighted by Gasteiger charge is -2.15. The number of nitrogens with one attached hydrogen (secondary N) is 2. The Morgan fingerprint density at radius 3 is 2.58 bits per heavy atom. The Morgan fingerprint density at radius 1 is 1.12 bits per heavy atom. The van der Waals surface area contributed by atoms with Crippen molar-refractivity contribution >= 4 is 28.6 Å². The number of hydrogen-bond donors (Lipinski definition) is 3. The van der Waals surface area contributed by atoms with Gasteiger partial charge in [-0.05, 0) is 30.7 Å². The van der Waals surface area contributed by atoms with E-state index in [1.54, 1.807) is 24.5 Å². The molecule has 0 aliphatic carbocycles. The molecule has 3 rings (SSSR count). The molecule has 0 saturated heterocycles. The number of aromatic nitrogens is 4. The lowest BCUT2D eigenvalue weighted by molar-refractivity contribution is 0.271. The van der Waals surface area contributed by atoms with Crippen molar-refractivity contribution < 1.29 is 9.50 Å². The summed E-state index contributed by atoms with van der Waals surface area (Å²) in [6, 6.07) is 5.77. The molecule has 24 heavy (non-hydrogen) atoms. The van der Waals surface area contributed by atoms with Gasteiger partial charge in [-0.1, -0.05) is 6.92 Å². The zero-order chi connectivity index (χ0) is 16.9. The van der Waals surface area contributed by atoms with Crippen LogP contribution in [0, 0.1) is 5.82 Å². The van der Waals surface area contributed by atoms with E-state index in [4.69, 9.17) is 0 Å². The maximum atomic E-state index is 13.1. The largest absolute Gasteiger partial charge is 0.394 e. The van der Waals surface area contributed by atoms with Crippen LogP contribution in [0.4, 0.5) is 21.8 Å². The number of aliphatic hydroxyl groups is 1. The Labute approximate surface area is 138 Å². The van der Waals surface area contributed by atoms with E-state index < -0.39 is 0 Å². The van der Waals surface area contributed by atoms with Gasteiger partial charge in [0.05, 0.1) is 12.6 Å². The summed E-state index contributed by atoms with van der Waals surface area (Å²) in [5.74, 6) is 0.479. The number of fused-ring (bicyclic) bond motifs is 1. The molecule has 8 heteroatoms. The first-order chi connectivity index (χ1) is 11.7.